The second-order valence-corrected chi connectivity index (χ2v) is 6.82. The third-order valence-electron chi connectivity index (χ3n) is 2.12. The van der Waals surface area contributed by atoms with Crippen molar-refractivity contribution in [3.8, 4) is 0 Å². The van der Waals surface area contributed by atoms with Crippen molar-refractivity contribution in [3.63, 3.8) is 0 Å². The summed E-state index contributed by atoms with van der Waals surface area (Å²) in [5.41, 5.74) is 2.13. The van der Waals surface area contributed by atoms with Gasteiger partial charge in [-0.2, -0.15) is 0 Å². The Morgan fingerprint density at radius 1 is 1.26 bits per heavy atom. The van der Waals surface area contributed by atoms with E-state index in [9.17, 15) is 13.2 Å². The number of carbonyl (C=O) groups is 1. The van der Waals surface area contributed by atoms with E-state index in [1.54, 1.807) is 0 Å². The number of hydrazine groups is 1. The van der Waals surface area contributed by atoms with Gasteiger partial charge in [-0.1, -0.05) is 37.0 Å². The van der Waals surface area contributed by atoms with Crippen LogP contribution in [0.5, 0.6) is 0 Å². The van der Waals surface area contributed by atoms with Crippen LogP contribution in [0.15, 0.2) is 23.1 Å². The smallest absolute Gasteiger partial charge is 0.257 e. The highest BCUT2D eigenvalue weighted by atomic mass is 35.5. The number of nitrogens with one attached hydrogen (secondary N) is 2. The van der Waals surface area contributed by atoms with Crippen LogP contribution < -0.4 is 10.3 Å². The molecular formula is C11H14Cl2N2O3S. The maximum Gasteiger partial charge on any atom is 0.257 e. The van der Waals surface area contributed by atoms with Gasteiger partial charge in [0.25, 0.3) is 10.0 Å². The van der Waals surface area contributed by atoms with Crippen molar-refractivity contribution in [1.82, 2.24) is 10.3 Å². The fraction of sp³-hybridized carbons (Fsp3) is 0.364. The lowest BCUT2D eigenvalue weighted by Crippen LogP contribution is -2.41. The van der Waals surface area contributed by atoms with Gasteiger partial charge in [0, 0.05) is 6.42 Å². The minimum Gasteiger partial charge on any atom is -0.278 e. The van der Waals surface area contributed by atoms with Gasteiger partial charge in [0.15, 0.2) is 0 Å². The van der Waals surface area contributed by atoms with E-state index in [0.717, 1.165) is 0 Å². The largest absolute Gasteiger partial charge is 0.278 e. The summed E-state index contributed by atoms with van der Waals surface area (Å²) in [5, 5.41) is 0.377. The molecular weight excluding hydrogens is 311 g/mol. The van der Waals surface area contributed by atoms with Crippen molar-refractivity contribution >= 4 is 39.1 Å². The number of halogens is 2. The Morgan fingerprint density at radius 2 is 1.89 bits per heavy atom. The van der Waals surface area contributed by atoms with Gasteiger partial charge in [0.2, 0.25) is 5.91 Å². The summed E-state index contributed by atoms with van der Waals surface area (Å²) in [7, 11) is -3.86. The van der Waals surface area contributed by atoms with Gasteiger partial charge in [0.1, 0.15) is 0 Å². The molecule has 0 aliphatic heterocycles. The molecule has 0 radical (unpaired) electrons. The molecule has 0 saturated carbocycles. The molecule has 0 spiro atoms. The lowest BCUT2D eigenvalue weighted by atomic mass is 10.1. The van der Waals surface area contributed by atoms with Gasteiger partial charge < -0.3 is 0 Å². The first kappa shape index (κ1) is 16.2. The van der Waals surface area contributed by atoms with Crippen LogP contribution in [0.4, 0.5) is 0 Å². The Balaban J connectivity index is 2.76. The zero-order valence-corrected chi connectivity index (χ0v) is 12.7. The van der Waals surface area contributed by atoms with E-state index in [1.807, 2.05) is 18.7 Å². The van der Waals surface area contributed by atoms with Crippen molar-refractivity contribution in [2.45, 2.75) is 25.2 Å². The fourth-order valence-corrected chi connectivity index (χ4v) is 2.50. The van der Waals surface area contributed by atoms with Crippen molar-refractivity contribution in [2.24, 2.45) is 5.92 Å². The van der Waals surface area contributed by atoms with Gasteiger partial charge in [0.05, 0.1) is 14.9 Å². The van der Waals surface area contributed by atoms with Crippen LogP contribution in [0.2, 0.25) is 10.0 Å². The molecule has 19 heavy (non-hydrogen) atoms. The highest BCUT2D eigenvalue weighted by molar-refractivity contribution is 7.89. The molecule has 1 amide bonds. The van der Waals surface area contributed by atoms with Crippen molar-refractivity contribution in [2.75, 3.05) is 0 Å². The first-order valence-corrected chi connectivity index (χ1v) is 7.72. The first-order valence-electron chi connectivity index (χ1n) is 5.48. The highest BCUT2D eigenvalue weighted by Gasteiger charge is 2.16. The minimum absolute atomic E-state index is 0.0771. The predicted molar refractivity (Wildman–Crippen MR) is 74.4 cm³/mol. The molecule has 5 nitrogen and oxygen atoms in total. The maximum absolute atomic E-state index is 11.9. The summed E-state index contributed by atoms with van der Waals surface area (Å²) in [6.07, 6.45) is 0.226. The Hall–Kier alpha value is -0.820. The fourth-order valence-electron chi connectivity index (χ4n) is 1.25. The Kier molecular flexibility index (Phi) is 5.61. The number of amides is 1. The summed E-state index contributed by atoms with van der Waals surface area (Å²) in [4.78, 5) is 13.3. The third-order valence-corrected chi connectivity index (χ3v) is 4.10. The van der Waals surface area contributed by atoms with E-state index in [1.165, 1.54) is 18.2 Å². The van der Waals surface area contributed by atoms with Gasteiger partial charge in [-0.3, -0.25) is 10.2 Å². The molecule has 2 N–H and O–H groups in total. The number of rotatable bonds is 5. The van der Waals surface area contributed by atoms with Gasteiger partial charge >= 0.3 is 0 Å². The molecule has 106 valence electrons. The van der Waals surface area contributed by atoms with Crippen molar-refractivity contribution in [3.05, 3.63) is 28.2 Å². The summed E-state index contributed by atoms with van der Waals surface area (Å²) in [5.74, 6) is -0.270. The molecule has 0 bridgehead atoms. The van der Waals surface area contributed by atoms with E-state index in [2.05, 4.69) is 5.43 Å². The summed E-state index contributed by atoms with van der Waals surface area (Å²) < 4.78 is 23.7. The first-order chi connectivity index (χ1) is 8.72. The number of hydrogen-bond acceptors (Lipinski definition) is 3. The van der Waals surface area contributed by atoms with Crippen molar-refractivity contribution < 1.29 is 13.2 Å². The summed E-state index contributed by atoms with van der Waals surface area (Å²) >= 11 is 11.4. The molecule has 1 aromatic rings. The topological polar surface area (TPSA) is 75.3 Å². The molecule has 0 heterocycles. The Bertz CT molecular complexity index is 573. The second kappa shape index (κ2) is 6.56. The molecule has 0 aliphatic rings. The average Bonchev–Trinajstić information content (AvgIpc) is 2.29. The van der Waals surface area contributed by atoms with Crippen LogP contribution >= 0.6 is 23.2 Å². The Morgan fingerprint density at radius 3 is 2.42 bits per heavy atom. The molecule has 0 fully saturated rings. The van der Waals surface area contributed by atoms with Crippen LogP contribution in [-0.4, -0.2) is 14.3 Å². The highest BCUT2D eigenvalue weighted by Crippen LogP contribution is 2.24. The lowest BCUT2D eigenvalue weighted by molar-refractivity contribution is -0.122. The van der Waals surface area contributed by atoms with E-state index >= 15 is 0 Å². The molecule has 0 aliphatic carbocycles. The van der Waals surface area contributed by atoms with Crippen LogP contribution in [-0.2, 0) is 14.8 Å². The molecule has 8 heteroatoms. The van der Waals surface area contributed by atoms with E-state index < -0.39 is 15.9 Å². The molecule has 0 aromatic heterocycles. The normalized spacial score (nSPS) is 11.6. The minimum atomic E-state index is -3.86. The maximum atomic E-state index is 11.9. The SMILES string of the molecule is CC(C)CC(=O)NNS(=O)(=O)c1ccc(Cl)c(Cl)c1. The zero-order chi connectivity index (χ0) is 14.6. The van der Waals surface area contributed by atoms with Crippen LogP contribution in [0.25, 0.3) is 0 Å². The number of sulfonamides is 1. The molecule has 0 unspecified atom stereocenters. The van der Waals surface area contributed by atoms with E-state index in [-0.39, 0.29) is 27.3 Å². The van der Waals surface area contributed by atoms with Gasteiger partial charge in [-0.15, -0.1) is 4.83 Å². The number of carbonyl (C=O) groups excluding carboxylic acids is 1. The predicted octanol–water partition coefficient (Wildman–Crippen LogP) is 2.35. The summed E-state index contributed by atoms with van der Waals surface area (Å²) in [6.45, 7) is 3.71. The quantitative estimate of drug-likeness (QED) is 0.816. The molecule has 0 atom stereocenters. The monoisotopic (exact) mass is 324 g/mol. The van der Waals surface area contributed by atoms with E-state index in [4.69, 9.17) is 23.2 Å². The lowest BCUT2D eigenvalue weighted by Gasteiger charge is -2.10. The zero-order valence-electron chi connectivity index (χ0n) is 10.4. The second-order valence-electron chi connectivity index (χ2n) is 4.33. The van der Waals surface area contributed by atoms with Crippen LogP contribution in [0, 0.1) is 5.92 Å². The number of benzene rings is 1. The molecule has 1 aromatic carbocycles. The van der Waals surface area contributed by atoms with Crippen molar-refractivity contribution in [1.29, 1.82) is 0 Å². The third kappa shape index (κ3) is 4.99. The summed E-state index contributed by atoms with van der Waals surface area (Å²) in [6, 6.07) is 3.88. The van der Waals surface area contributed by atoms with Gasteiger partial charge in [-0.25, -0.2) is 8.42 Å². The molecule has 1 rings (SSSR count). The Labute approximate surface area is 122 Å². The standard InChI is InChI=1S/C11H14Cl2N2O3S/c1-7(2)5-11(16)14-15-19(17,18)8-3-4-9(12)10(13)6-8/h3-4,6-7,15H,5H2,1-2H3,(H,14,16). The number of hydrogen-bond donors (Lipinski definition) is 2. The average molecular weight is 325 g/mol. The van der Waals surface area contributed by atoms with Crippen LogP contribution in [0.1, 0.15) is 20.3 Å². The molecule has 0 saturated heterocycles. The van der Waals surface area contributed by atoms with E-state index in [0.29, 0.717) is 0 Å². The van der Waals surface area contributed by atoms with Gasteiger partial charge in [-0.05, 0) is 24.1 Å². The van der Waals surface area contributed by atoms with Crippen LogP contribution in [0.3, 0.4) is 0 Å².